The third kappa shape index (κ3) is 2.78. The first kappa shape index (κ1) is 12.1. The molecule has 0 saturated carbocycles. The molecule has 0 bridgehead atoms. The van der Waals surface area contributed by atoms with Gasteiger partial charge in [0.05, 0.1) is 12.6 Å². The zero-order valence-corrected chi connectivity index (χ0v) is 8.97. The van der Waals surface area contributed by atoms with E-state index in [4.69, 9.17) is 14.4 Å². The van der Waals surface area contributed by atoms with Gasteiger partial charge in [-0.05, 0) is 0 Å². The van der Waals surface area contributed by atoms with Crippen LogP contribution in [0.4, 0.5) is 4.39 Å². The SMILES string of the molecule is B[C@@H]1O[C@H](COC)C(O[PH](=O)O)C1F. The number of hydrogen-bond acceptors (Lipinski definition) is 4. The predicted octanol–water partition coefficient (Wildman–Crippen LogP) is -0.904. The van der Waals surface area contributed by atoms with Crippen molar-refractivity contribution < 1.29 is 27.8 Å². The molecule has 1 fully saturated rings. The standard InChI is InChI=1S/C6H13BFO5P/c1-11-2-3-5(13-14(9)10)4(8)6(7)12-3/h3-6,14H,2,7H2,1H3,(H,9,10)/t3-,4?,5?,6-/m1/s1. The predicted molar refractivity (Wildman–Crippen MR) is 50.1 cm³/mol. The van der Waals surface area contributed by atoms with Gasteiger partial charge in [-0.3, -0.25) is 4.57 Å². The quantitative estimate of drug-likeness (QED) is 0.496. The molecule has 0 aliphatic carbocycles. The molecule has 0 aromatic rings. The van der Waals surface area contributed by atoms with Crippen molar-refractivity contribution >= 4 is 16.1 Å². The molecule has 0 aromatic heterocycles. The fourth-order valence-corrected chi connectivity index (χ4v) is 1.97. The first-order valence-electron chi connectivity index (χ1n) is 4.24. The number of halogens is 1. The maximum absolute atomic E-state index is 13.4. The van der Waals surface area contributed by atoms with E-state index < -0.39 is 32.6 Å². The molecular weight excluding hydrogens is 213 g/mol. The molecule has 1 aliphatic heterocycles. The number of methoxy groups -OCH3 is 1. The summed E-state index contributed by atoms with van der Waals surface area (Å²) < 4.78 is 38.4. The van der Waals surface area contributed by atoms with Crippen molar-refractivity contribution in [3.63, 3.8) is 0 Å². The molecule has 0 amide bonds. The van der Waals surface area contributed by atoms with E-state index in [1.807, 2.05) is 0 Å². The Kier molecular flexibility index (Phi) is 4.54. The number of ether oxygens (including phenoxy) is 2. The Hall–Kier alpha value is 0.0649. The summed E-state index contributed by atoms with van der Waals surface area (Å²) in [7, 11) is -0.159. The molecule has 1 aliphatic rings. The lowest BCUT2D eigenvalue weighted by Crippen LogP contribution is -2.33. The van der Waals surface area contributed by atoms with Gasteiger partial charge in [0.15, 0.2) is 0 Å². The summed E-state index contributed by atoms with van der Waals surface area (Å²) in [5.41, 5.74) is 0. The normalized spacial score (nSPS) is 39.9. The van der Waals surface area contributed by atoms with E-state index >= 15 is 0 Å². The minimum Gasteiger partial charge on any atom is -0.382 e. The van der Waals surface area contributed by atoms with Crippen molar-refractivity contribution in [3.05, 3.63) is 0 Å². The van der Waals surface area contributed by atoms with Gasteiger partial charge in [-0.1, -0.05) is 0 Å². The molecule has 5 atom stereocenters. The van der Waals surface area contributed by atoms with Gasteiger partial charge in [0.1, 0.15) is 26.2 Å². The molecule has 82 valence electrons. The smallest absolute Gasteiger partial charge is 0.317 e. The Labute approximate surface area is 82.9 Å². The fourth-order valence-electron chi connectivity index (χ4n) is 1.46. The summed E-state index contributed by atoms with van der Waals surface area (Å²) in [5, 5.41) is 0. The molecule has 0 radical (unpaired) electrons. The zero-order valence-electron chi connectivity index (χ0n) is 7.97. The van der Waals surface area contributed by atoms with E-state index in [0.29, 0.717) is 0 Å². The summed E-state index contributed by atoms with van der Waals surface area (Å²) in [4.78, 5) is 8.56. The van der Waals surface area contributed by atoms with Gasteiger partial charge < -0.3 is 18.9 Å². The van der Waals surface area contributed by atoms with Gasteiger partial charge in [-0.25, -0.2) is 4.39 Å². The van der Waals surface area contributed by atoms with E-state index in [9.17, 15) is 8.96 Å². The maximum Gasteiger partial charge on any atom is 0.317 e. The van der Waals surface area contributed by atoms with Crippen LogP contribution < -0.4 is 0 Å². The minimum absolute atomic E-state index is 0.143. The molecule has 0 spiro atoms. The van der Waals surface area contributed by atoms with Crippen LogP contribution in [-0.4, -0.2) is 50.8 Å². The Bertz CT molecular complexity index is 218. The highest BCUT2D eigenvalue weighted by molar-refractivity contribution is 7.32. The van der Waals surface area contributed by atoms with Gasteiger partial charge in [0.25, 0.3) is 0 Å². The largest absolute Gasteiger partial charge is 0.382 e. The highest BCUT2D eigenvalue weighted by Crippen LogP contribution is 2.31. The van der Waals surface area contributed by atoms with E-state index in [0.717, 1.165) is 0 Å². The van der Waals surface area contributed by atoms with Crippen LogP contribution in [0.15, 0.2) is 0 Å². The van der Waals surface area contributed by atoms with Gasteiger partial charge in [-0.2, -0.15) is 0 Å². The second kappa shape index (κ2) is 5.23. The number of alkyl halides is 1. The van der Waals surface area contributed by atoms with Crippen molar-refractivity contribution in [1.29, 1.82) is 0 Å². The molecule has 1 N–H and O–H groups in total. The van der Waals surface area contributed by atoms with Crippen molar-refractivity contribution in [1.82, 2.24) is 0 Å². The first-order valence-corrected chi connectivity index (χ1v) is 5.50. The monoisotopic (exact) mass is 226 g/mol. The maximum atomic E-state index is 13.4. The highest BCUT2D eigenvalue weighted by atomic mass is 31.1. The average molecular weight is 226 g/mol. The summed E-state index contributed by atoms with van der Waals surface area (Å²) in [6.07, 6.45) is -3.02. The first-order chi connectivity index (χ1) is 6.56. The fraction of sp³-hybridized carbons (Fsp3) is 1.00. The molecule has 1 saturated heterocycles. The van der Waals surface area contributed by atoms with Crippen LogP contribution in [0.5, 0.6) is 0 Å². The molecule has 8 heteroatoms. The van der Waals surface area contributed by atoms with Crippen LogP contribution in [-0.2, 0) is 18.6 Å². The topological polar surface area (TPSA) is 65.0 Å². The second-order valence-electron chi connectivity index (χ2n) is 3.13. The Morgan fingerprint density at radius 2 is 2.36 bits per heavy atom. The van der Waals surface area contributed by atoms with Crippen molar-refractivity contribution in [2.24, 2.45) is 0 Å². The number of rotatable bonds is 4. The summed E-state index contributed by atoms with van der Waals surface area (Å²) in [6.45, 7) is 0.143. The average Bonchev–Trinajstić information content (AvgIpc) is 2.33. The van der Waals surface area contributed by atoms with Crippen molar-refractivity contribution in [2.45, 2.75) is 24.4 Å². The summed E-state index contributed by atoms with van der Waals surface area (Å²) >= 11 is 0. The Morgan fingerprint density at radius 1 is 1.71 bits per heavy atom. The minimum atomic E-state index is -3.15. The number of hydrogen-bond donors (Lipinski definition) is 1. The lowest BCUT2D eigenvalue weighted by molar-refractivity contribution is -0.0115. The van der Waals surface area contributed by atoms with Crippen molar-refractivity contribution in [3.8, 4) is 0 Å². The zero-order chi connectivity index (χ0) is 10.7. The van der Waals surface area contributed by atoms with Crippen LogP contribution in [0.25, 0.3) is 0 Å². The summed E-state index contributed by atoms with van der Waals surface area (Å²) in [6, 6.07) is -0.638. The van der Waals surface area contributed by atoms with E-state index in [2.05, 4.69) is 4.52 Å². The Morgan fingerprint density at radius 3 is 2.86 bits per heavy atom. The van der Waals surface area contributed by atoms with Crippen LogP contribution in [0.1, 0.15) is 0 Å². The van der Waals surface area contributed by atoms with Gasteiger partial charge in [0.2, 0.25) is 0 Å². The molecule has 14 heavy (non-hydrogen) atoms. The molecule has 3 unspecified atom stereocenters. The molecule has 5 nitrogen and oxygen atoms in total. The van der Waals surface area contributed by atoms with Crippen LogP contribution in [0, 0.1) is 0 Å². The van der Waals surface area contributed by atoms with Gasteiger partial charge in [0, 0.05) is 7.11 Å². The highest BCUT2D eigenvalue weighted by Gasteiger charge is 2.44. The van der Waals surface area contributed by atoms with Crippen molar-refractivity contribution in [2.75, 3.05) is 13.7 Å². The third-order valence-corrected chi connectivity index (χ3v) is 2.56. The molecule has 1 heterocycles. The van der Waals surface area contributed by atoms with E-state index in [1.165, 1.54) is 7.11 Å². The third-order valence-electron chi connectivity index (χ3n) is 2.09. The lowest BCUT2D eigenvalue weighted by atomic mass is 9.94. The lowest BCUT2D eigenvalue weighted by Gasteiger charge is -2.17. The molecular formula is C6H13BFO5P. The van der Waals surface area contributed by atoms with Crippen LogP contribution >= 0.6 is 8.25 Å². The van der Waals surface area contributed by atoms with Gasteiger partial charge >= 0.3 is 8.25 Å². The van der Waals surface area contributed by atoms with Gasteiger partial charge in [-0.15, -0.1) is 0 Å². The van der Waals surface area contributed by atoms with Crippen LogP contribution in [0.3, 0.4) is 0 Å². The second-order valence-corrected chi connectivity index (χ2v) is 3.90. The molecule has 0 aromatic carbocycles. The Balaban J connectivity index is 2.60. The molecule has 1 rings (SSSR count). The summed E-state index contributed by atoms with van der Waals surface area (Å²) in [5.74, 6) is 0. The van der Waals surface area contributed by atoms with E-state index in [-0.39, 0.29) is 6.61 Å². The van der Waals surface area contributed by atoms with E-state index in [1.54, 1.807) is 7.85 Å². The van der Waals surface area contributed by atoms with Crippen LogP contribution in [0.2, 0.25) is 0 Å².